The summed E-state index contributed by atoms with van der Waals surface area (Å²) < 4.78 is 36.7. The maximum Gasteiger partial charge on any atom is 0.397 e. The minimum absolute atomic E-state index is 0.274. The van der Waals surface area contributed by atoms with Gasteiger partial charge in [-0.1, -0.05) is 17.7 Å². The predicted molar refractivity (Wildman–Crippen MR) is 110 cm³/mol. The molecular formula is C21H20F3N5O. The van der Waals surface area contributed by atoms with Crippen molar-refractivity contribution < 1.29 is 18.0 Å². The molecule has 0 bridgehead atoms. The van der Waals surface area contributed by atoms with Gasteiger partial charge in [0.05, 0.1) is 0 Å². The molecule has 0 unspecified atom stereocenters. The number of rotatable bonds is 6. The monoisotopic (exact) mass is 415 g/mol. The zero-order valence-corrected chi connectivity index (χ0v) is 16.3. The Bertz CT molecular complexity index is 1020. The second-order valence-electron chi connectivity index (χ2n) is 6.72. The molecule has 3 rings (SSSR count). The Morgan fingerprint density at radius 3 is 1.80 bits per heavy atom. The molecule has 2 aromatic carbocycles. The highest BCUT2D eigenvalue weighted by Gasteiger charge is 2.31. The van der Waals surface area contributed by atoms with E-state index in [1.807, 2.05) is 31.2 Å². The Hall–Kier alpha value is -3.62. The number of hydrogen-bond donors (Lipinski definition) is 3. The number of alkyl halides is 3. The molecule has 0 saturated heterocycles. The molecule has 1 aromatic heterocycles. The first-order valence-corrected chi connectivity index (χ1v) is 9.09. The molecule has 0 aliphatic rings. The molecule has 3 aromatic rings. The van der Waals surface area contributed by atoms with Crippen molar-refractivity contribution in [2.75, 3.05) is 16.0 Å². The van der Waals surface area contributed by atoms with Crippen molar-refractivity contribution in [2.45, 2.75) is 26.4 Å². The molecule has 0 fully saturated rings. The Morgan fingerprint density at radius 1 is 0.833 bits per heavy atom. The predicted octanol–water partition coefficient (Wildman–Crippen LogP) is 5.47. The van der Waals surface area contributed by atoms with E-state index in [-0.39, 0.29) is 5.69 Å². The molecule has 0 aliphatic carbocycles. The van der Waals surface area contributed by atoms with Gasteiger partial charge in [-0.3, -0.25) is 4.79 Å². The van der Waals surface area contributed by atoms with Crippen molar-refractivity contribution in [2.24, 2.45) is 0 Å². The van der Waals surface area contributed by atoms with Gasteiger partial charge in [0.1, 0.15) is 23.9 Å². The van der Waals surface area contributed by atoms with Crippen LogP contribution in [0.3, 0.4) is 0 Å². The van der Waals surface area contributed by atoms with E-state index in [1.54, 1.807) is 25.1 Å². The summed E-state index contributed by atoms with van der Waals surface area (Å²) in [5, 5.41) is 8.55. The van der Waals surface area contributed by atoms with Crippen LogP contribution >= 0.6 is 0 Å². The van der Waals surface area contributed by atoms with Crippen LogP contribution in [-0.4, -0.2) is 22.1 Å². The second-order valence-corrected chi connectivity index (χ2v) is 6.72. The maximum atomic E-state index is 12.2. The summed E-state index contributed by atoms with van der Waals surface area (Å²) in [5.41, 5.74) is 2.97. The Morgan fingerprint density at radius 2 is 1.30 bits per heavy atom. The number of amides is 1. The van der Waals surface area contributed by atoms with Gasteiger partial charge < -0.3 is 16.0 Å². The van der Waals surface area contributed by atoms with Crippen LogP contribution in [0.5, 0.6) is 0 Å². The smallest absolute Gasteiger partial charge is 0.340 e. The summed E-state index contributed by atoms with van der Waals surface area (Å²) in [5.74, 6) is 0.614. The number of hydrogen-bond acceptors (Lipinski definition) is 5. The second kappa shape index (κ2) is 8.81. The highest BCUT2D eigenvalue weighted by atomic mass is 19.4. The fraction of sp³-hybridized carbons (Fsp3) is 0.190. The average molecular weight is 415 g/mol. The van der Waals surface area contributed by atoms with Gasteiger partial charge >= 0.3 is 6.18 Å². The number of aromatic nitrogens is 2. The number of nitrogens with one attached hydrogen (secondary N) is 3. The Balaban J connectivity index is 1.66. The van der Waals surface area contributed by atoms with Crippen LogP contribution in [0.1, 0.15) is 17.8 Å². The number of benzene rings is 2. The quantitative estimate of drug-likeness (QED) is 0.497. The summed E-state index contributed by atoms with van der Waals surface area (Å²) in [6, 6.07) is 15.9. The molecule has 0 spiro atoms. The SMILES string of the molecule is Cc1ccc(Nc2cc(Nc3ccc(NC(=O)CC(F)(F)F)cc3)nc(C)n2)cc1. The summed E-state index contributed by atoms with van der Waals surface area (Å²) in [6.45, 7) is 3.78. The normalized spacial score (nSPS) is 11.1. The summed E-state index contributed by atoms with van der Waals surface area (Å²) >= 11 is 0. The van der Waals surface area contributed by atoms with Gasteiger partial charge in [0.25, 0.3) is 0 Å². The van der Waals surface area contributed by atoms with Crippen molar-refractivity contribution in [1.29, 1.82) is 0 Å². The van der Waals surface area contributed by atoms with Crippen molar-refractivity contribution in [3.8, 4) is 0 Å². The molecule has 3 N–H and O–H groups in total. The topological polar surface area (TPSA) is 78.9 Å². The van der Waals surface area contributed by atoms with E-state index < -0.39 is 18.5 Å². The molecule has 156 valence electrons. The first-order chi connectivity index (χ1) is 14.2. The summed E-state index contributed by atoms with van der Waals surface area (Å²) in [6.07, 6.45) is -6.06. The molecule has 1 heterocycles. The standard InChI is InChI=1S/C21H20F3N5O/c1-13-3-5-15(6-4-13)27-18-11-19(26-14(2)25-18)28-16-7-9-17(10-8-16)29-20(30)12-21(22,23)24/h3-11H,12H2,1-2H3,(H,29,30)(H2,25,26,27,28). The van der Waals surface area contributed by atoms with Crippen LogP contribution in [0.2, 0.25) is 0 Å². The summed E-state index contributed by atoms with van der Waals surface area (Å²) in [4.78, 5) is 20.1. The third-order valence-electron chi connectivity index (χ3n) is 3.96. The number of carbonyl (C=O) groups excluding carboxylic acids is 1. The molecule has 1 amide bonds. The molecule has 0 saturated carbocycles. The van der Waals surface area contributed by atoms with Gasteiger partial charge in [0.15, 0.2) is 0 Å². The molecule has 0 atom stereocenters. The fourth-order valence-electron chi connectivity index (χ4n) is 2.65. The number of aryl methyl sites for hydroxylation is 2. The molecular weight excluding hydrogens is 395 g/mol. The Kier molecular flexibility index (Phi) is 6.20. The van der Waals surface area contributed by atoms with Crippen LogP contribution < -0.4 is 16.0 Å². The third-order valence-corrected chi connectivity index (χ3v) is 3.96. The number of nitrogens with zero attached hydrogens (tertiary/aromatic N) is 2. The van der Waals surface area contributed by atoms with Gasteiger partial charge in [-0.15, -0.1) is 0 Å². The van der Waals surface area contributed by atoms with Gasteiger partial charge in [-0.05, 0) is 50.2 Å². The number of anilines is 5. The molecule has 0 aliphatic heterocycles. The van der Waals surface area contributed by atoms with Crippen molar-refractivity contribution in [1.82, 2.24) is 9.97 Å². The van der Waals surface area contributed by atoms with E-state index in [1.165, 1.54) is 12.1 Å². The maximum absolute atomic E-state index is 12.2. The first kappa shape index (κ1) is 21.1. The zero-order chi connectivity index (χ0) is 21.7. The van der Waals surface area contributed by atoms with Gasteiger partial charge in [0, 0.05) is 23.1 Å². The lowest BCUT2D eigenvalue weighted by molar-refractivity contribution is -0.150. The van der Waals surface area contributed by atoms with Crippen molar-refractivity contribution in [3.05, 3.63) is 66.0 Å². The van der Waals surface area contributed by atoms with Crippen LogP contribution in [0.4, 0.5) is 41.9 Å². The summed E-state index contributed by atoms with van der Waals surface area (Å²) in [7, 11) is 0. The number of halogens is 3. The van der Waals surface area contributed by atoms with Crippen LogP contribution in [0.25, 0.3) is 0 Å². The molecule has 0 radical (unpaired) electrons. The first-order valence-electron chi connectivity index (χ1n) is 9.09. The minimum atomic E-state index is -4.54. The molecule has 30 heavy (non-hydrogen) atoms. The van der Waals surface area contributed by atoms with E-state index in [9.17, 15) is 18.0 Å². The molecule has 9 heteroatoms. The lowest BCUT2D eigenvalue weighted by Crippen LogP contribution is -2.21. The van der Waals surface area contributed by atoms with Gasteiger partial charge in [-0.2, -0.15) is 13.2 Å². The van der Waals surface area contributed by atoms with Crippen LogP contribution in [0, 0.1) is 13.8 Å². The highest BCUT2D eigenvalue weighted by molar-refractivity contribution is 5.91. The molecule has 6 nitrogen and oxygen atoms in total. The largest absolute Gasteiger partial charge is 0.397 e. The van der Waals surface area contributed by atoms with Gasteiger partial charge in [0.2, 0.25) is 5.91 Å². The minimum Gasteiger partial charge on any atom is -0.340 e. The van der Waals surface area contributed by atoms with E-state index in [4.69, 9.17) is 0 Å². The lowest BCUT2D eigenvalue weighted by Gasteiger charge is -2.11. The van der Waals surface area contributed by atoms with E-state index >= 15 is 0 Å². The van der Waals surface area contributed by atoms with Crippen LogP contribution in [0.15, 0.2) is 54.6 Å². The zero-order valence-electron chi connectivity index (χ0n) is 16.3. The highest BCUT2D eigenvalue weighted by Crippen LogP contribution is 2.23. The van der Waals surface area contributed by atoms with Crippen LogP contribution in [-0.2, 0) is 4.79 Å². The Labute approximate surface area is 171 Å². The lowest BCUT2D eigenvalue weighted by atomic mass is 10.2. The van der Waals surface area contributed by atoms with E-state index in [0.717, 1.165) is 11.3 Å². The van der Waals surface area contributed by atoms with Gasteiger partial charge in [-0.25, -0.2) is 9.97 Å². The van der Waals surface area contributed by atoms with Crippen molar-refractivity contribution >= 4 is 34.6 Å². The van der Waals surface area contributed by atoms with E-state index in [2.05, 4.69) is 25.9 Å². The van der Waals surface area contributed by atoms with E-state index in [0.29, 0.717) is 23.1 Å². The fourth-order valence-corrected chi connectivity index (χ4v) is 2.65. The number of carbonyl (C=O) groups is 1. The average Bonchev–Trinajstić information content (AvgIpc) is 2.63. The van der Waals surface area contributed by atoms with Crippen molar-refractivity contribution in [3.63, 3.8) is 0 Å². The third kappa shape index (κ3) is 6.47.